The number of nitroso groups, excluding NO2 is 1. The average molecular weight is 157 g/mol. The molecule has 0 aliphatic carbocycles. The predicted molar refractivity (Wildman–Crippen MR) is 37.3 cm³/mol. The Kier molecular flexibility index (Phi) is 1.57. The number of hydrogen-bond donors (Lipinski definition) is 3. The molecule has 0 aromatic carbocycles. The third-order valence-electron chi connectivity index (χ3n) is 1.29. The zero-order chi connectivity index (χ0) is 8.48. The van der Waals surface area contributed by atoms with E-state index in [9.17, 15) is 9.70 Å². The molecule has 0 aromatic rings. The third kappa shape index (κ3) is 1.17. The summed E-state index contributed by atoms with van der Waals surface area (Å²) < 4.78 is 0. The van der Waals surface area contributed by atoms with Crippen molar-refractivity contribution in [1.29, 1.82) is 0 Å². The first-order valence-electron chi connectivity index (χ1n) is 2.83. The summed E-state index contributed by atoms with van der Waals surface area (Å²) in [5, 5.41) is 4.54. The third-order valence-corrected chi connectivity index (χ3v) is 1.29. The Morgan fingerprint density at radius 2 is 2.36 bits per heavy atom. The van der Waals surface area contributed by atoms with Crippen molar-refractivity contribution in [3.8, 4) is 0 Å². The molecule has 1 atom stereocenters. The molecule has 5 N–H and O–H groups in total. The van der Waals surface area contributed by atoms with E-state index in [1.54, 1.807) is 0 Å². The van der Waals surface area contributed by atoms with Crippen molar-refractivity contribution in [2.24, 2.45) is 21.6 Å². The van der Waals surface area contributed by atoms with Crippen LogP contribution in [0.3, 0.4) is 0 Å². The van der Waals surface area contributed by atoms with Gasteiger partial charge in [0.15, 0.2) is 5.96 Å². The molecule has 0 spiro atoms. The maximum atomic E-state index is 10.9. The number of nitrogens with one attached hydrogen (secondary N) is 1. The topological polar surface area (TPSA) is 123 Å². The summed E-state index contributed by atoms with van der Waals surface area (Å²) in [4.78, 5) is 24.5. The van der Waals surface area contributed by atoms with Crippen LogP contribution >= 0.6 is 0 Å². The van der Waals surface area contributed by atoms with Crippen LogP contribution < -0.4 is 16.8 Å². The summed E-state index contributed by atoms with van der Waals surface area (Å²) in [6, 6.07) is 0. The minimum atomic E-state index is -1.79. The molecule has 11 heavy (non-hydrogen) atoms. The van der Waals surface area contributed by atoms with E-state index in [-0.39, 0.29) is 12.5 Å². The standard InChI is InChI=1S/C4H7N5O2/c5-3-7-1-4(6,9-11)2(10)8-3/h1,6H2,(H3,5,7,8,10). The second-order valence-electron chi connectivity index (χ2n) is 2.17. The van der Waals surface area contributed by atoms with Crippen molar-refractivity contribution in [3.63, 3.8) is 0 Å². The SMILES string of the molecule is NC1=NCC(N)(N=O)C(=O)N1. The fraction of sp³-hybridized carbons (Fsp3) is 0.500. The average Bonchev–Trinajstić information content (AvgIpc) is 1.98. The van der Waals surface area contributed by atoms with E-state index in [2.05, 4.69) is 15.5 Å². The highest BCUT2D eigenvalue weighted by Crippen LogP contribution is 2.05. The van der Waals surface area contributed by atoms with Crippen LogP contribution in [0.5, 0.6) is 0 Å². The van der Waals surface area contributed by atoms with Gasteiger partial charge in [-0.05, 0) is 5.18 Å². The first kappa shape index (κ1) is 7.61. The van der Waals surface area contributed by atoms with Crippen LogP contribution in [0.15, 0.2) is 10.2 Å². The zero-order valence-electron chi connectivity index (χ0n) is 5.57. The van der Waals surface area contributed by atoms with Gasteiger partial charge in [0, 0.05) is 0 Å². The molecule has 0 fully saturated rings. The van der Waals surface area contributed by atoms with E-state index in [0.29, 0.717) is 0 Å². The molecule has 0 saturated heterocycles. The summed E-state index contributed by atoms with van der Waals surface area (Å²) in [5.74, 6) is -0.764. The molecule has 1 amide bonds. The highest BCUT2D eigenvalue weighted by Gasteiger charge is 2.38. The molecular weight excluding hydrogens is 150 g/mol. The van der Waals surface area contributed by atoms with Crippen LogP contribution in [0, 0.1) is 4.91 Å². The van der Waals surface area contributed by atoms with E-state index >= 15 is 0 Å². The Hall–Kier alpha value is -1.50. The van der Waals surface area contributed by atoms with Crippen LogP contribution in [0.25, 0.3) is 0 Å². The highest BCUT2D eigenvalue weighted by atomic mass is 16.3. The van der Waals surface area contributed by atoms with Crippen molar-refractivity contribution < 1.29 is 4.79 Å². The van der Waals surface area contributed by atoms with Crippen LogP contribution in [-0.2, 0) is 4.79 Å². The number of rotatable bonds is 1. The maximum Gasteiger partial charge on any atom is 0.274 e. The van der Waals surface area contributed by atoms with E-state index in [0.717, 1.165) is 0 Å². The molecule has 60 valence electrons. The number of carbonyl (C=O) groups is 1. The van der Waals surface area contributed by atoms with Crippen LogP contribution in [0.2, 0.25) is 0 Å². The quantitative estimate of drug-likeness (QED) is 0.375. The Morgan fingerprint density at radius 3 is 2.82 bits per heavy atom. The summed E-state index contributed by atoms with van der Waals surface area (Å²) in [7, 11) is 0. The van der Waals surface area contributed by atoms with E-state index in [1.807, 2.05) is 0 Å². The van der Waals surface area contributed by atoms with E-state index in [1.165, 1.54) is 0 Å². The van der Waals surface area contributed by atoms with Gasteiger partial charge in [-0.15, -0.1) is 4.91 Å². The van der Waals surface area contributed by atoms with E-state index in [4.69, 9.17) is 11.5 Å². The minimum Gasteiger partial charge on any atom is -0.370 e. The Balaban J connectivity index is 2.89. The summed E-state index contributed by atoms with van der Waals surface area (Å²) in [5.41, 5.74) is 8.54. The van der Waals surface area contributed by atoms with Gasteiger partial charge in [0.1, 0.15) is 0 Å². The van der Waals surface area contributed by atoms with Crippen LogP contribution in [-0.4, -0.2) is 24.1 Å². The maximum absolute atomic E-state index is 10.9. The number of hydrogen-bond acceptors (Lipinski definition) is 6. The molecule has 1 unspecified atom stereocenters. The molecule has 7 heteroatoms. The van der Waals surface area contributed by atoms with Crippen LogP contribution in [0.4, 0.5) is 0 Å². The summed E-state index contributed by atoms with van der Waals surface area (Å²) >= 11 is 0. The molecule has 0 radical (unpaired) electrons. The molecule has 0 saturated carbocycles. The summed E-state index contributed by atoms with van der Waals surface area (Å²) in [6.07, 6.45) is 0. The van der Waals surface area contributed by atoms with Gasteiger partial charge in [-0.3, -0.25) is 15.8 Å². The van der Waals surface area contributed by atoms with Gasteiger partial charge in [0.2, 0.25) is 5.66 Å². The Bertz CT molecular complexity index is 237. The van der Waals surface area contributed by atoms with Gasteiger partial charge in [0.05, 0.1) is 6.54 Å². The number of nitrogens with two attached hydrogens (primary N) is 2. The van der Waals surface area contributed by atoms with Gasteiger partial charge < -0.3 is 5.73 Å². The van der Waals surface area contributed by atoms with Crippen molar-refractivity contribution >= 4 is 11.9 Å². The van der Waals surface area contributed by atoms with Crippen molar-refractivity contribution in [3.05, 3.63) is 4.91 Å². The second kappa shape index (κ2) is 2.27. The number of amides is 1. The number of nitrogens with zero attached hydrogens (tertiary/aromatic N) is 2. The van der Waals surface area contributed by atoms with Crippen molar-refractivity contribution in [1.82, 2.24) is 5.32 Å². The van der Waals surface area contributed by atoms with Gasteiger partial charge in [-0.25, -0.2) is 4.99 Å². The van der Waals surface area contributed by atoms with Gasteiger partial charge >= 0.3 is 0 Å². The first-order valence-corrected chi connectivity index (χ1v) is 2.83. The van der Waals surface area contributed by atoms with E-state index < -0.39 is 11.6 Å². The monoisotopic (exact) mass is 157 g/mol. The largest absolute Gasteiger partial charge is 0.370 e. The summed E-state index contributed by atoms with van der Waals surface area (Å²) in [6.45, 7) is -0.200. The van der Waals surface area contributed by atoms with Gasteiger partial charge in [0.25, 0.3) is 5.91 Å². The fourth-order valence-corrected chi connectivity index (χ4v) is 0.612. The predicted octanol–water partition coefficient (Wildman–Crippen LogP) is -2.15. The lowest BCUT2D eigenvalue weighted by atomic mass is 10.1. The van der Waals surface area contributed by atoms with Gasteiger partial charge in [-0.1, -0.05) is 0 Å². The highest BCUT2D eigenvalue weighted by molar-refractivity contribution is 6.02. The Labute approximate surface area is 61.8 Å². The minimum absolute atomic E-state index is 0.0419. The zero-order valence-corrected chi connectivity index (χ0v) is 5.57. The molecular formula is C4H7N5O2. The lowest BCUT2D eigenvalue weighted by Crippen LogP contribution is -2.60. The number of carbonyl (C=O) groups excluding carboxylic acids is 1. The lowest BCUT2D eigenvalue weighted by molar-refractivity contribution is -0.124. The number of guanidine groups is 1. The first-order chi connectivity index (χ1) is 5.08. The number of aliphatic imine (C=N–C) groups is 1. The molecule has 1 heterocycles. The van der Waals surface area contributed by atoms with Crippen molar-refractivity contribution in [2.75, 3.05) is 6.54 Å². The molecule has 1 aliphatic heterocycles. The fourth-order valence-electron chi connectivity index (χ4n) is 0.612. The molecule has 0 bridgehead atoms. The molecule has 0 aromatic heterocycles. The van der Waals surface area contributed by atoms with Gasteiger partial charge in [-0.2, -0.15) is 0 Å². The second-order valence-corrected chi connectivity index (χ2v) is 2.17. The molecule has 7 nitrogen and oxygen atoms in total. The van der Waals surface area contributed by atoms with Crippen molar-refractivity contribution in [2.45, 2.75) is 5.66 Å². The lowest BCUT2D eigenvalue weighted by Gasteiger charge is -2.22. The molecule has 1 rings (SSSR count). The smallest absolute Gasteiger partial charge is 0.274 e. The molecule has 1 aliphatic rings. The normalized spacial score (nSPS) is 30.6. The van der Waals surface area contributed by atoms with Crippen LogP contribution in [0.1, 0.15) is 0 Å². The Morgan fingerprint density at radius 1 is 1.73 bits per heavy atom.